The van der Waals surface area contributed by atoms with Crippen molar-refractivity contribution in [3.63, 3.8) is 0 Å². The molecule has 1 fully saturated rings. The van der Waals surface area contributed by atoms with Crippen LogP contribution in [0.15, 0.2) is 48.5 Å². The number of hydrogen-bond donors (Lipinski definition) is 0. The summed E-state index contributed by atoms with van der Waals surface area (Å²) in [5.74, 6) is 0.851. The van der Waals surface area contributed by atoms with Crippen molar-refractivity contribution < 1.29 is 14.0 Å². The fraction of sp³-hybridized carbons (Fsp3) is 0.455. The zero-order chi connectivity index (χ0) is 19.9. The van der Waals surface area contributed by atoms with Gasteiger partial charge in [-0.05, 0) is 50.9 Å². The van der Waals surface area contributed by atoms with Crippen molar-refractivity contribution in [3.05, 3.63) is 54.1 Å². The van der Waals surface area contributed by atoms with Crippen LogP contribution >= 0.6 is 0 Å². The second-order valence-corrected chi connectivity index (χ2v) is 14.5. The first kappa shape index (κ1) is 20.2. The maximum Gasteiger partial charge on any atom is 0.494 e. The van der Waals surface area contributed by atoms with Crippen LogP contribution in [0.25, 0.3) is 0 Å². The Labute approximate surface area is 165 Å². The molecule has 2 aromatic carbocycles. The van der Waals surface area contributed by atoms with Crippen LogP contribution in [-0.4, -0.2) is 26.4 Å². The Hall–Kier alpha value is -1.56. The molecule has 1 saturated heterocycles. The monoisotopic (exact) mass is 382 g/mol. The smallest absolute Gasteiger partial charge is 0.489 e. The molecule has 144 valence electrons. The van der Waals surface area contributed by atoms with Gasteiger partial charge in [0.25, 0.3) is 0 Å². The van der Waals surface area contributed by atoms with E-state index < -0.39 is 8.07 Å². The molecule has 0 amide bonds. The molecule has 27 heavy (non-hydrogen) atoms. The molecule has 0 radical (unpaired) electrons. The van der Waals surface area contributed by atoms with Gasteiger partial charge in [0.15, 0.2) is 0 Å². The Balaban J connectivity index is 1.60. The molecular formula is C22H31BO3Si. The highest BCUT2D eigenvalue weighted by Crippen LogP contribution is 2.36. The van der Waals surface area contributed by atoms with Crippen LogP contribution in [0.4, 0.5) is 0 Å². The van der Waals surface area contributed by atoms with Crippen LogP contribution in [-0.2, 0) is 15.9 Å². The third-order valence-electron chi connectivity index (χ3n) is 5.63. The minimum absolute atomic E-state index is 0.324. The Morgan fingerprint density at radius 1 is 0.815 bits per heavy atom. The van der Waals surface area contributed by atoms with Gasteiger partial charge < -0.3 is 14.0 Å². The maximum atomic E-state index is 6.10. The molecular weight excluding hydrogens is 351 g/mol. The van der Waals surface area contributed by atoms with E-state index in [1.54, 1.807) is 0 Å². The summed E-state index contributed by atoms with van der Waals surface area (Å²) in [4.78, 5) is 0. The summed E-state index contributed by atoms with van der Waals surface area (Å²) in [6.45, 7) is 15.9. The number of ether oxygens (including phenoxy) is 1. The zero-order valence-corrected chi connectivity index (χ0v) is 18.6. The third-order valence-corrected chi connectivity index (χ3v) is 7.70. The molecule has 3 rings (SSSR count). The molecule has 0 N–H and O–H groups in total. The topological polar surface area (TPSA) is 27.7 Å². The second kappa shape index (κ2) is 7.12. The molecule has 2 aromatic rings. The standard InChI is InChI=1S/C22H31BO3Si/c1-21(2)22(3,4)26-23(25-21)18-10-12-19(13-11-18)24-16-17-8-14-20(15-9-17)27(5,6)7/h8-15H,16H2,1-7H3. The largest absolute Gasteiger partial charge is 0.494 e. The van der Waals surface area contributed by atoms with Crippen molar-refractivity contribution in [1.82, 2.24) is 0 Å². The molecule has 0 saturated carbocycles. The first-order valence-corrected chi connectivity index (χ1v) is 13.2. The van der Waals surface area contributed by atoms with Crippen molar-refractivity contribution in [1.29, 1.82) is 0 Å². The predicted molar refractivity (Wildman–Crippen MR) is 116 cm³/mol. The molecule has 0 spiro atoms. The molecule has 0 aliphatic carbocycles. The van der Waals surface area contributed by atoms with Gasteiger partial charge >= 0.3 is 7.12 Å². The van der Waals surface area contributed by atoms with Crippen LogP contribution in [0.3, 0.4) is 0 Å². The minimum atomic E-state index is -1.25. The van der Waals surface area contributed by atoms with E-state index in [-0.39, 0.29) is 18.3 Å². The van der Waals surface area contributed by atoms with Crippen LogP contribution in [0, 0.1) is 0 Å². The average Bonchev–Trinajstić information content (AvgIpc) is 2.81. The van der Waals surface area contributed by atoms with E-state index in [1.807, 2.05) is 24.3 Å². The van der Waals surface area contributed by atoms with Gasteiger partial charge in [-0.15, -0.1) is 0 Å². The second-order valence-electron chi connectivity index (χ2n) is 9.39. The van der Waals surface area contributed by atoms with Gasteiger partial charge in [0.1, 0.15) is 12.4 Å². The fourth-order valence-electron chi connectivity index (χ4n) is 2.97. The van der Waals surface area contributed by atoms with Crippen molar-refractivity contribution >= 4 is 25.8 Å². The zero-order valence-electron chi connectivity index (χ0n) is 17.6. The Kier molecular flexibility index (Phi) is 5.32. The average molecular weight is 382 g/mol. The third kappa shape index (κ3) is 4.48. The van der Waals surface area contributed by atoms with E-state index >= 15 is 0 Å². The van der Waals surface area contributed by atoms with Crippen molar-refractivity contribution in [2.45, 2.75) is 65.1 Å². The van der Waals surface area contributed by atoms with E-state index in [1.165, 1.54) is 10.8 Å². The lowest BCUT2D eigenvalue weighted by molar-refractivity contribution is 0.00578. The normalized spacial score (nSPS) is 18.6. The summed E-state index contributed by atoms with van der Waals surface area (Å²) in [5, 5.41) is 1.47. The van der Waals surface area contributed by atoms with Crippen LogP contribution < -0.4 is 15.4 Å². The lowest BCUT2D eigenvalue weighted by Gasteiger charge is -2.32. The first-order valence-electron chi connectivity index (χ1n) is 9.66. The number of rotatable bonds is 5. The van der Waals surface area contributed by atoms with E-state index in [2.05, 4.69) is 71.6 Å². The van der Waals surface area contributed by atoms with Gasteiger partial charge in [-0.2, -0.15) is 0 Å². The van der Waals surface area contributed by atoms with Gasteiger partial charge in [-0.25, -0.2) is 0 Å². The van der Waals surface area contributed by atoms with Gasteiger partial charge in [-0.3, -0.25) is 0 Å². The molecule has 0 atom stereocenters. The van der Waals surface area contributed by atoms with E-state index in [0.29, 0.717) is 6.61 Å². The van der Waals surface area contributed by atoms with Crippen LogP contribution in [0.5, 0.6) is 5.75 Å². The molecule has 1 aliphatic heterocycles. The quantitative estimate of drug-likeness (QED) is 0.729. The van der Waals surface area contributed by atoms with E-state index in [0.717, 1.165) is 11.2 Å². The number of hydrogen-bond acceptors (Lipinski definition) is 3. The summed E-state index contributed by atoms with van der Waals surface area (Å²) in [6.07, 6.45) is 0. The van der Waals surface area contributed by atoms with Gasteiger partial charge in [0.2, 0.25) is 0 Å². The Morgan fingerprint density at radius 2 is 1.33 bits per heavy atom. The summed E-state index contributed by atoms with van der Waals surface area (Å²) < 4.78 is 18.1. The highest BCUT2D eigenvalue weighted by Gasteiger charge is 2.51. The van der Waals surface area contributed by atoms with E-state index in [9.17, 15) is 0 Å². The van der Waals surface area contributed by atoms with Gasteiger partial charge in [0, 0.05) is 0 Å². The molecule has 1 heterocycles. The van der Waals surface area contributed by atoms with Crippen molar-refractivity contribution in [2.24, 2.45) is 0 Å². The molecule has 1 aliphatic rings. The molecule has 0 unspecified atom stereocenters. The highest BCUT2D eigenvalue weighted by atomic mass is 28.3. The Morgan fingerprint density at radius 3 is 1.81 bits per heavy atom. The summed E-state index contributed by atoms with van der Waals surface area (Å²) in [7, 11) is -1.58. The number of benzene rings is 2. The fourth-order valence-corrected chi connectivity index (χ4v) is 4.13. The summed E-state index contributed by atoms with van der Waals surface area (Å²) >= 11 is 0. The summed E-state index contributed by atoms with van der Waals surface area (Å²) in [5.41, 5.74) is 1.55. The minimum Gasteiger partial charge on any atom is -0.489 e. The van der Waals surface area contributed by atoms with Crippen LogP contribution in [0.1, 0.15) is 33.3 Å². The highest BCUT2D eigenvalue weighted by molar-refractivity contribution is 6.88. The molecule has 0 bridgehead atoms. The lowest BCUT2D eigenvalue weighted by atomic mass is 9.79. The molecule has 3 nitrogen and oxygen atoms in total. The van der Waals surface area contributed by atoms with Gasteiger partial charge in [-0.1, -0.05) is 61.2 Å². The molecule has 0 aromatic heterocycles. The Bertz CT molecular complexity index is 761. The maximum absolute atomic E-state index is 6.10. The predicted octanol–water partition coefficient (Wildman–Crippen LogP) is 4.11. The lowest BCUT2D eigenvalue weighted by Crippen LogP contribution is -2.41. The van der Waals surface area contributed by atoms with Crippen LogP contribution in [0.2, 0.25) is 19.6 Å². The van der Waals surface area contributed by atoms with Crippen molar-refractivity contribution in [2.75, 3.05) is 0 Å². The van der Waals surface area contributed by atoms with E-state index in [4.69, 9.17) is 14.0 Å². The van der Waals surface area contributed by atoms with Crippen molar-refractivity contribution in [3.8, 4) is 5.75 Å². The summed E-state index contributed by atoms with van der Waals surface area (Å²) in [6, 6.07) is 16.8. The first-order chi connectivity index (χ1) is 12.5. The SMILES string of the molecule is CC1(C)OB(c2ccc(OCc3ccc([Si](C)(C)C)cc3)cc2)OC1(C)C. The van der Waals surface area contributed by atoms with Gasteiger partial charge in [0.05, 0.1) is 19.3 Å². The molecule has 5 heteroatoms.